The van der Waals surface area contributed by atoms with Gasteiger partial charge in [0.25, 0.3) is 0 Å². The number of allylic oxidation sites excluding steroid dienone is 1. The fourth-order valence-electron chi connectivity index (χ4n) is 1.83. The lowest BCUT2D eigenvalue weighted by Gasteiger charge is -2.31. The highest BCUT2D eigenvalue weighted by atomic mass is 16.6. The van der Waals surface area contributed by atoms with Gasteiger partial charge in [-0.1, -0.05) is 33.8 Å². The highest BCUT2D eigenvalue weighted by molar-refractivity contribution is 6.00. The SMILES string of the molecule is C=CCC(C(=O)OCCC)(C(=O)OCCC)C(C)C. The van der Waals surface area contributed by atoms with Crippen molar-refractivity contribution in [2.75, 3.05) is 13.2 Å². The van der Waals surface area contributed by atoms with Gasteiger partial charge in [0.2, 0.25) is 0 Å². The molecule has 0 radical (unpaired) electrons. The minimum absolute atomic E-state index is 0.209. The molecule has 0 saturated heterocycles. The van der Waals surface area contributed by atoms with Crippen LogP contribution in [0.15, 0.2) is 12.7 Å². The molecule has 0 N–H and O–H groups in total. The summed E-state index contributed by atoms with van der Waals surface area (Å²) in [5.74, 6) is -1.23. The molecule has 0 amide bonds. The van der Waals surface area contributed by atoms with Crippen molar-refractivity contribution < 1.29 is 19.1 Å². The third-order valence-electron chi connectivity index (χ3n) is 3.05. The minimum Gasteiger partial charge on any atom is -0.465 e. The molecule has 4 nitrogen and oxygen atoms in total. The van der Waals surface area contributed by atoms with Crippen molar-refractivity contribution in [2.45, 2.75) is 47.0 Å². The maximum atomic E-state index is 12.3. The Morgan fingerprint density at radius 3 is 1.79 bits per heavy atom. The molecular weight excluding hydrogens is 244 g/mol. The van der Waals surface area contributed by atoms with Crippen molar-refractivity contribution >= 4 is 11.9 Å². The van der Waals surface area contributed by atoms with Gasteiger partial charge in [-0.25, -0.2) is 0 Å². The molecule has 0 aromatic carbocycles. The van der Waals surface area contributed by atoms with Gasteiger partial charge >= 0.3 is 11.9 Å². The van der Waals surface area contributed by atoms with E-state index in [9.17, 15) is 9.59 Å². The van der Waals surface area contributed by atoms with Crippen LogP contribution in [0.25, 0.3) is 0 Å². The largest absolute Gasteiger partial charge is 0.465 e. The zero-order valence-electron chi connectivity index (χ0n) is 12.5. The maximum Gasteiger partial charge on any atom is 0.324 e. The molecule has 0 aliphatic heterocycles. The number of esters is 2. The molecule has 0 aromatic rings. The third kappa shape index (κ3) is 4.37. The lowest BCUT2D eigenvalue weighted by atomic mass is 9.74. The van der Waals surface area contributed by atoms with Crippen LogP contribution in [0.2, 0.25) is 0 Å². The van der Waals surface area contributed by atoms with Crippen LogP contribution in [0.5, 0.6) is 0 Å². The second kappa shape index (κ2) is 8.73. The molecule has 0 unspecified atom stereocenters. The van der Waals surface area contributed by atoms with E-state index in [0.29, 0.717) is 13.2 Å². The molecule has 4 heteroatoms. The number of rotatable bonds is 9. The monoisotopic (exact) mass is 270 g/mol. The number of hydrogen-bond donors (Lipinski definition) is 0. The van der Waals surface area contributed by atoms with Gasteiger partial charge in [0, 0.05) is 0 Å². The smallest absolute Gasteiger partial charge is 0.324 e. The Hall–Kier alpha value is -1.32. The normalized spacial score (nSPS) is 11.2. The molecule has 0 saturated carbocycles. The van der Waals surface area contributed by atoms with Crippen LogP contribution >= 0.6 is 0 Å². The Kier molecular flexibility index (Phi) is 8.12. The van der Waals surface area contributed by atoms with Crippen molar-refractivity contribution in [2.24, 2.45) is 11.3 Å². The fourth-order valence-corrected chi connectivity index (χ4v) is 1.83. The van der Waals surface area contributed by atoms with Gasteiger partial charge in [0.05, 0.1) is 13.2 Å². The molecular formula is C15H26O4. The summed E-state index contributed by atoms with van der Waals surface area (Å²) in [7, 11) is 0. The molecule has 0 aliphatic rings. The highest BCUT2D eigenvalue weighted by Gasteiger charge is 2.50. The molecule has 0 atom stereocenters. The van der Waals surface area contributed by atoms with E-state index >= 15 is 0 Å². The van der Waals surface area contributed by atoms with Crippen LogP contribution < -0.4 is 0 Å². The van der Waals surface area contributed by atoms with E-state index in [1.165, 1.54) is 0 Å². The number of ether oxygens (including phenoxy) is 2. The van der Waals surface area contributed by atoms with E-state index in [4.69, 9.17) is 9.47 Å². The van der Waals surface area contributed by atoms with Crippen molar-refractivity contribution in [3.8, 4) is 0 Å². The van der Waals surface area contributed by atoms with E-state index < -0.39 is 17.4 Å². The lowest BCUT2D eigenvalue weighted by Crippen LogP contribution is -2.46. The zero-order chi connectivity index (χ0) is 14.9. The van der Waals surface area contributed by atoms with Crippen LogP contribution in [0.1, 0.15) is 47.0 Å². The summed E-state index contributed by atoms with van der Waals surface area (Å²) in [5, 5.41) is 0. The quantitative estimate of drug-likeness (QED) is 0.367. The van der Waals surface area contributed by atoms with Gasteiger partial charge < -0.3 is 9.47 Å². The Morgan fingerprint density at radius 2 is 1.53 bits per heavy atom. The summed E-state index contributed by atoms with van der Waals surface area (Å²) in [4.78, 5) is 24.6. The minimum atomic E-state index is -1.27. The van der Waals surface area contributed by atoms with E-state index in [2.05, 4.69) is 6.58 Å². The van der Waals surface area contributed by atoms with E-state index in [-0.39, 0.29) is 12.3 Å². The predicted molar refractivity (Wildman–Crippen MR) is 74.6 cm³/mol. The van der Waals surface area contributed by atoms with Gasteiger partial charge in [-0.05, 0) is 25.2 Å². The molecule has 0 heterocycles. The highest BCUT2D eigenvalue weighted by Crippen LogP contribution is 2.35. The first-order chi connectivity index (χ1) is 8.97. The molecule has 0 rings (SSSR count). The first-order valence-electron chi connectivity index (χ1n) is 6.92. The van der Waals surface area contributed by atoms with Crippen LogP contribution in [0, 0.1) is 11.3 Å². The first-order valence-corrected chi connectivity index (χ1v) is 6.92. The van der Waals surface area contributed by atoms with E-state index in [1.807, 2.05) is 27.7 Å². The summed E-state index contributed by atoms with van der Waals surface area (Å²) in [6.07, 6.45) is 3.24. The van der Waals surface area contributed by atoms with Crippen LogP contribution in [-0.2, 0) is 19.1 Å². The molecule has 0 spiro atoms. The second-order valence-electron chi connectivity index (χ2n) is 4.89. The number of carbonyl (C=O) groups is 2. The van der Waals surface area contributed by atoms with Gasteiger partial charge in [0.1, 0.15) is 0 Å². The summed E-state index contributed by atoms with van der Waals surface area (Å²) >= 11 is 0. The third-order valence-corrected chi connectivity index (χ3v) is 3.05. The van der Waals surface area contributed by atoms with Crippen molar-refractivity contribution in [3.05, 3.63) is 12.7 Å². The average molecular weight is 270 g/mol. The molecule has 0 aromatic heterocycles. The fraction of sp³-hybridized carbons (Fsp3) is 0.733. The van der Waals surface area contributed by atoms with Gasteiger partial charge in [-0.2, -0.15) is 0 Å². The van der Waals surface area contributed by atoms with Crippen molar-refractivity contribution in [3.63, 3.8) is 0 Å². The van der Waals surface area contributed by atoms with E-state index in [1.54, 1.807) is 6.08 Å². The summed E-state index contributed by atoms with van der Waals surface area (Å²) in [5.41, 5.74) is -1.27. The summed E-state index contributed by atoms with van der Waals surface area (Å²) in [6.45, 7) is 11.7. The lowest BCUT2D eigenvalue weighted by molar-refractivity contribution is -0.176. The van der Waals surface area contributed by atoms with Crippen LogP contribution in [-0.4, -0.2) is 25.2 Å². The van der Waals surface area contributed by atoms with Crippen LogP contribution in [0.4, 0.5) is 0 Å². The number of carbonyl (C=O) groups excluding carboxylic acids is 2. The van der Waals surface area contributed by atoms with Crippen molar-refractivity contribution in [1.82, 2.24) is 0 Å². The van der Waals surface area contributed by atoms with Gasteiger partial charge in [-0.15, -0.1) is 6.58 Å². The Balaban J connectivity index is 5.22. The molecule has 110 valence electrons. The van der Waals surface area contributed by atoms with Crippen molar-refractivity contribution in [1.29, 1.82) is 0 Å². The maximum absolute atomic E-state index is 12.3. The van der Waals surface area contributed by atoms with E-state index in [0.717, 1.165) is 12.8 Å². The topological polar surface area (TPSA) is 52.6 Å². The zero-order valence-corrected chi connectivity index (χ0v) is 12.5. The Labute approximate surface area is 116 Å². The molecule has 0 fully saturated rings. The average Bonchev–Trinajstić information content (AvgIpc) is 2.38. The summed E-state index contributed by atoms with van der Waals surface area (Å²) in [6, 6.07) is 0. The molecule has 0 bridgehead atoms. The van der Waals surface area contributed by atoms with Crippen LogP contribution in [0.3, 0.4) is 0 Å². The van der Waals surface area contributed by atoms with Gasteiger partial charge in [-0.3, -0.25) is 9.59 Å². The standard InChI is InChI=1S/C15H26O4/c1-6-9-15(12(4)5,13(16)18-10-7-2)14(17)19-11-8-3/h6,12H,1,7-11H2,2-5H3. The predicted octanol–water partition coefficient (Wildman–Crippen LogP) is 3.11. The number of hydrogen-bond acceptors (Lipinski definition) is 4. The Bertz CT molecular complexity index is 287. The second-order valence-corrected chi connectivity index (χ2v) is 4.89. The molecule has 19 heavy (non-hydrogen) atoms. The van der Waals surface area contributed by atoms with Gasteiger partial charge in [0.15, 0.2) is 5.41 Å². The first kappa shape index (κ1) is 17.7. The Morgan fingerprint density at radius 1 is 1.11 bits per heavy atom. The summed E-state index contributed by atoms with van der Waals surface area (Å²) < 4.78 is 10.4. The molecule has 0 aliphatic carbocycles.